The van der Waals surface area contributed by atoms with Crippen LogP contribution >= 0.6 is 0 Å². The predicted octanol–water partition coefficient (Wildman–Crippen LogP) is 2.81. The smallest absolute Gasteiger partial charge is 0.242 e. The molecule has 2 aromatic carbocycles. The van der Waals surface area contributed by atoms with E-state index >= 15 is 0 Å². The number of rotatable bonds is 7. The molecule has 202 valence electrons. The monoisotopic (exact) mass is 536 g/mol. The summed E-state index contributed by atoms with van der Waals surface area (Å²) in [6.07, 6.45) is 1.22. The van der Waals surface area contributed by atoms with Gasteiger partial charge in [0.15, 0.2) is 5.69 Å². The minimum atomic E-state index is -3.76. The van der Waals surface area contributed by atoms with E-state index in [1.165, 1.54) is 28.4 Å². The number of aryl methyl sites for hydroxylation is 1. The number of hydrogen-bond acceptors (Lipinski definition) is 6. The fourth-order valence-corrected chi connectivity index (χ4v) is 8.07. The molecule has 0 aromatic heterocycles. The molecule has 3 fully saturated rings. The Labute approximate surface area is 225 Å². The van der Waals surface area contributed by atoms with Crippen molar-refractivity contribution >= 4 is 27.3 Å². The predicted molar refractivity (Wildman–Crippen MR) is 148 cm³/mol. The Kier molecular flexibility index (Phi) is 7.58. The molecule has 0 spiro atoms. The number of likely N-dealkylation sites (tertiary alicyclic amines) is 1. The maximum absolute atomic E-state index is 13.4. The maximum atomic E-state index is 13.4. The van der Waals surface area contributed by atoms with Crippen LogP contribution in [-0.4, -0.2) is 85.3 Å². The highest BCUT2D eigenvalue weighted by Gasteiger charge is 2.39. The van der Waals surface area contributed by atoms with Crippen LogP contribution in [0.3, 0.4) is 0 Å². The van der Waals surface area contributed by atoms with Crippen molar-refractivity contribution in [3.8, 4) is 0 Å². The lowest BCUT2D eigenvalue weighted by Crippen LogP contribution is -2.59. The van der Waals surface area contributed by atoms with Gasteiger partial charge in [0, 0.05) is 62.6 Å². The van der Waals surface area contributed by atoms with E-state index in [1.807, 2.05) is 25.7 Å². The quantitative estimate of drug-likeness (QED) is 0.529. The van der Waals surface area contributed by atoms with Gasteiger partial charge in [0.1, 0.15) is 0 Å². The first-order valence-electron chi connectivity index (χ1n) is 13.2. The molecule has 5 rings (SSSR count). The summed E-state index contributed by atoms with van der Waals surface area (Å²) in [5, 5.41) is 6.63. The molecule has 3 aliphatic heterocycles. The van der Waals surface area contributed by atoms with Gasteiger partial charge in [-0.2, -0.15) is 4.31 Å². The van der Waals surface area contributed by atoms with E-state index in [4.69, 9.17) is 6.57 Å². The minimum Gasteiger partial charge on any atom is -0.325 e. The van der Waals surface area contributed by atoms with E-state index in [1.54, 1.807) is 12.1 Å². The molecule has 38 heavy (non-hydrogen) atoms. The second kappa shape index (κ2) is 10.8. The van der Waals surface area contributed by atoms with Gasteiger partial charge in [0.2, 0.25) is 15.9 Å². The molecule has 1 amide bonds. The Balaban J connectivity index is 1.20. The first-order valence-corrected chi connectivity index (χ1v) is 14.7. The molecule has 4 atom stereocenters. The molecule has 2 N–H and O–H groups in total. The van der Waals surface area contributed by atoms with E-state index in [2.05, 4.69) is 38.6 Å². The van der Waals surface area contributed by atoms with Crippen molar-refractivity contribution in [1.29, 1.82) is 0 Å². The maximum Gasteiger partial charge on any atom is 0.242 e. The van der Waals surface area contributed by atoms with Gasteiger partial charge < -0.3 is 10.6 Å². The van der Waals surface area contributed by atoms with E-state index in [-0.39, 0.29) is 29.4 Å². The van der Waals surface area contributed by atoms with Gasteiger partial charge in [-0.05, 0) is 56.5 Å². The van der Waals surface area contributed by atoms with E-state index in [0.717, 1.165) is 30.9 Å². The van der Waals surface area contributed by atoms with E-state index in [0.29, 0.717) is 30.9 Å². The van der Waals surface area contributed by atoms with Gasteiger partial charge in [-0.15, -0.1) is 0 Å². The van der Waals surface area contributed by atoms with Gasteiger partial charge in [-0.1, -0.05) is 24.3 Å². The largest absolute Gasteiger partial charge is 0.325 e. The number of fused-ring (bicyclic) bond motifs is 2. The average molecular weight is 537 g/mol. The summed E-state index contributed by atoms with van der Waals surface area (Å²) in [6.45, 7) is 17.0. The van der Waals surface area contributed by atoms with Crippen LogP contribution < -0.4 is 10.6 Å². The summed E-state index contributed by atoms with van der Waals surface area (Å²) in [4.78, 5) is 21.1. The van der Waals surface area contributed by atoms with Crippen LogP contribution in [0.2, 0.25) is 0 Å². The fraction of sp³-hybridized carbons (Fsp3) is 0.500. The molecule has 3 aliphatic rings. The van der Waals surface area contributed by atoms with Crippen LogP contribution in [0.5, 0.6) is 0 Å². The molecule has 0 unspecified atom stereocenters. The number of piperazine rings is 2. The number of benzene rings is 2. The first-order chi connectivity index (χ1) is 18.1. The number of nitrogens with one attached hydrogen (secondary N) is 2. The topological polar surface area (TPSA) is 89.3 Å². The van der Waals surface area contributed by atoms with Crippen LogP contribution in [-0.2, 0) is 21.4 Å². The van der Waals surface area contributed by atoms with Crippen molar-refractivity contribution < 1.29 is 13.2 Å². The number of hydrogen-bond donors (Lipinski definition) is 2. The normalized spacial score (nSPS) is 26.4. The van der Waals surface area contributed by atoms with Crippen LogP contribution in [0.25, 0.3) is 4.85 Å². The average Bonchev–Trinajstić information content (AvgIpc) is 3.49. The summed E-state index contributed by atoms with van der Waals surface area (Å²) in [5.41, 5.74) is 3.34. The second-order valence-electron chi connectivity index (χ2n) is 11.0. The summed E-state index contributed by atoms with van der Waals surface area (Å²) < 4.78 is 28.3. The first kappa shape index (κ1) is 26.8. The van der Waals surface area contributed by atoms with E-state index in [9.17, 15) is 13.2 Å². The number of nitrogens with zero attached hydrogens (tertiary/aromatic N) is 4. The van der Waals surface area contributed by atoms with Gasteiger partial charge in [0.25, 0.3) is 0 Å². The highest BCUT2D eigenvalue weighted by molar-refractivity contribution is 7.89. The Morgan fingerprint density at radius 3 is 2.55 bits per heavy atom. The zero-order valence-electron chi connectivity index (χ0n) is 22.2. The number of sulfonamides is 1. The van der Waals surface area contributed by atoms with Crippen molar-refractivity contribution in [2.75, 3.05) is 38.0 Å². The molecule has 0 radical (unpaired) electrons. The molecule has 10 heteroatoms. The molecule has 3 saturated heterocycles. The van der Waals surface area contributed by atoms with E-state index < -0.39 is 10.0 Å². The molecule has 0 aliphatic carbocycles. The zero-order chi connectivity index (χ0) is 27.0. The summed E-state index contributed by atoms with van der Waals surface area (Å²) in [7, 11) is -3.76. The molecule has 0 saturated carbocycles. The Bertz CT molecular complexity index is 1340. The van der Waals surface area contributed by atoms with Crippen molar-refractivity contribution in [3.63, 3.8) is 0 Å². The van der Waals surface area contributed by atoms with Crippen LogP contribution in [0, 0.1) is 13.5 Å². The lowest BCUT2D eigenvalue weighted by Gasteiger charge is -2.43. The van der Waals surface area contributed by atoms with Crippen LogP contribution in [0.1, 0.15) is 31.4 Å². The van der Waals surface area contributed by atoms with Gasteiger partial charge in [-0.3, -0.25) is 14.6 Å². The molecule has 9 nitrogen and oxygen atoms in total. The molecule has 2 aromatic rings. The third kappa shape index (κ3) is 5.48. The fourth-order valence-electron chi connectivity index (χ4n) is 6.23. The second-order valence-corrected chi connectivity index (χ2v) is 12.8. The van der Waals surface area contributed by atoms with Crippen LogP contribution in [0.4, 0.5) is 11.4 Å². The summed E-state index contributed by atoms with van der Waals surface area (Å²) >= 11 is 0. The Morgan fingerprint density at radius 1 is 1.13 bits per heavy atom. The lowest BCUT2D eigenvalue weighted by molar-refractivity contribution is -0.118. The lowest BCUT2D eigenvalue weighted by atomic mass is 10.1. The highest BCUT2D eigenvalue weighted by atomic mass is 32.2. The SMILES string of the molecule is [C-]#[N+]c1cccc(S(=O)(=O)N2[C@H](C)CN(CC(=O)Nc3cc(CN4C[C@@H]5C[C@H]4CN5)ccc3C)C[C@@H]2C)c1. The molecular formula is C28H36N6O3S. The number of amides is 1. The third-order valence-electron chi connectivity index (χ3n) is 7.93. The van der Waals surface area contributed by atoms with Crippen molar-refractivity contribution in [3.05, 3.63) is 65.0 Å². The van der Waals surface area contributed by atoms with Gasteiger partial charge >= 0.3 is 0 Å². The Morgan fingerprint density at radius 2 is 1.89 bits per heavy atom. The van der Waals surface area contributed by atoms with Gasteiger partial charge in [0.05, 0.1) is 18.0 Å². The third-order valence-corrected chi connectivity index (χ3v) is 10.1. The number of carbonyl (C=O) groups is 1. The van der Waals surface area contributed by atoms with Crippen molar-refractivity contribution in [2.45, 2.75) is 62.8 Å². The highest BCUT2D eigenvalue weighted by Crippen LogP contribution is 2.29. The standard InChI is InChI=1S/C28H36N6O3S/c1-19-8-9-22(16-33-17-24-11-25(33)13-30-24)10-27(19)31-28(35)18-32-14-20(2)34(21(3)15-32)38(36,37)26-7-5-6-23(12-26)29-4/h5-10,12,20-21,24-25,30H,11,13-18H2,1-3H3,(H,31,35)/t20-,21+,24-,25-/m0/s1. The number of anilines is 1. The molecular weight excluding hydrogens is 500 g/mol. The summed E-state index contributed by atoms with van der Waals surface area (Å²) in [5.74, 6) is -0.102. The molecule has 2 bridgehead atoms. The van der Waals surface area contributed by atoms with Gasteiger partial charge in [-0.25, -0.2) is 13.3 Å². The number of carbonyl (C=O) groups excluding carboxylic acids is 1. The van der Waals surface area contributed by atoms with Crippen molar-refractivity contribution in [2.24, 2.45) is 0 Å². The Hall–Kier alpha value is -2.81. The summed E-state index contributed by atoms with van der Waals surface area (Å²) in [6, 6.07) is 13.0. The van der Waals surface area contributed by atoms with Crippen LogP contribution in [0.15, 0.2) is 47.4 Å². The minimum absolute atomic E-state index is 0.102. The zero-order valence-corrected chi connectivity index (χ0v) is 23.0. The van der Waals surface area contributed by atoms with Crippen molar-refractivity contribution in [1.82, 2.24) is 19.4 Å². The molecule has 3 heterocycles.